The molecule has 4 aromatic rings. The van der Waals surface area contributed by atoms with Crippen molar-refractivity contribution in [2.24, 2.45) is 0 Å². The summed E-state index contributed by atoms with van der Waals surface area (Å²) in [6.07, 6.45) is -5.51. The molecule has 0 unspecified atom stereocenters. The number of aromatic hydroxyl groups is 2. The Morgan fingerprint density at radius 1 is 1.04 bits per heavy atom. The zero-order valence-electron chi connectivity index (χ0n) is 29.4. The number of alkyl halides is 2. The van der Waals surface area contributed by atoms with Gasteiger partial charge in [0, 0.05) is 57.8 Å². The molecule has 2 aromatic heterocycles. The summed E-state index contributed by atoms with van der Waals surface area (Å²) in [6, 6.07) is 11.2. The maximum absolute atomic E-state index is 14.4. The predicted octanol–water partition coefficient (Wildman–Crippen LogP) is 1.27. The molecule has 6 N–H and O–H groups in total. The number of nitrogens with zero attached hydrogens (tertiary/aromatic N) is 6. The van der Waals surface area contributed by atoms with Crippen molar-refractivity contribution in [1.29, 1.82) is 0 Å². The number of hydrogen-bond donors (Lipinski definition) is 6. The molecule has 0 aliphatic carbocycles. The highest BCUT2D eigenvalue weighted by atomic mass is 19.3. The van der Waals surface area contributed by atoms with Gasteiger partial charge in [0.15, 0.2) is 11.9 Å². The van der Waals surface area contributed by atoms with Crippen molar-refractivity contribution in [3.8, 4) is 28.6 Å². The lowest BCUT2D eigenvalue weighted by atomic mass is 9.98. The fraction of sp³-hybridized carbons (Fsp3) is 0.429. The quantitative estimate of drug-likeness (QED) is 0.127. The number of amides is 2. The van der Waals surface area contributed by atoms with Gasteiger partial charge in [-0.1, -0.05) is 26.0 Å². The number of aromatic nitrogens is 5. The van der Waals surface area contributed by atoms with Gasteiger partial charge in [0.2, 0.25) is 18.0 Å². The largest absolute Gasteiger partial charge is 0.508 e. The molecule has 17 nitrogen and oxygen atoms in total. The predicted molar refractivity (Wildman–Crippen MR) is 187 cm³/mol. The van der Waals surface area contributed by atoms with Crippen molar-refractivity contribution in [2.45, 2.75) is 63.5 Å². The van der Waals surface area contributed by atoms with E-state index in [0.717, 1.165) is 17.8 Å². The van der Waals surface area contributed by atoms with E-state index in [9.17, 15) is 43.3 Å². The molecule has 2 amide bonds. The zero-order chi connectivity index (χ0) is 38.9. The first-order chi connectivity index (χ1) is 25.7. The van der Waals surface area contributed by atoms with Crippen LogP contribution < -0.4 is 16.7 Å². The molecule has 2 fully saturated rings. The number of rotatable bonds is 11. The van der Waals surface area contributed by atoms with Crippen LogP contribution in [0.5, 0.6) is 11.5 Å². The van der Waals surface area contributed by atoms with Crippen LogP contribution in [-0.4, -0.2) is 117 Å². The van der Waals surface area contributed by atoms with E-state index in [1.165, 1.54) is 10.6 Å². The lowest BCUT2D eigenvalue weighted by Gasteiger charge is -2.34. The minimum absolute atomic E-state index is 0.0405. The number of benzene rings is 2. The number of carbonyl (C=O) groups is 2. The summed E-state index contributed by atoms with van der Waals surface area (Å²) in [5.74, 6) is -5.07. The number of hydrogen-bond acceptors (Lipinski definition) is 12. The first kappa shape index (κ1) is 38.2. The molecule has 2 aromatic carbocycles. The molecule has 2 saturated heterocycles. The van der Waals surface area contributed by atoms with Gasteiger partial charge in [-0.15, -0.1) is 0 Å². The van der Waals surface area contributed by atoms with Crippen LogP contribution in [0, 0.1) is 0 Å². The molecule has 0 bridgehead atoms. The van der Waals surface area contributed by atoms with Gasteiger partial charge >= 0.3 is 17.3 Å². The van der Waals surface area contributed by atoms with Crippen LogP contribution >= 0.6 is 0 Å². The van der Waals surface area contributed by atoms with Crippen LogP contribution in [0.2, 0.25) is 0 Å². The lowest BCUT2D eigenvalue weighted by Crippen LogP contribution is -2.48. The number of halogens is 2. The summed E-state index contributed by atoms with van der Waals surface area (Å²) in [7, 11) is 0. The van der Waals surface area contributed by atoms with Crippen molar-refractivity contribution in [2.75, 3.05) is 38.1 Å². The number of aliphatic hydroxyl groups excluding tert-OH is 2. The second-order valence-electron chi connectivity index (χ2n) is 13.5. The Kier molecular flexibility index (Phi) is 10.9. The molecule has 19 heteroatoms. The molecule has 6 rings (SSSR count). The number of aromatic amines is 1. The number of aliphatic hydroxyl groups is 2. The van der Waals surface area contributed by atoms with E-state index in [4.69, 9.17) is 9.84 Å². The van der Waals surface area contributed by atoms with Crippen LogP contribution in [-0.2, 0) is 20.9 Å². The van der Waals surface area contributed by atoms with Crippen LogP contribution in [0.15, 0.2) is 58.3 Å². The summed E-state index contributed by atoms with van der Waals surface area (Å²) in [6.45, 7) is 5.49. The highest BCUT2D eigenvalue weighted by Crippen LogP contribution is 2.42. The molecule has 4 heterocycles. The molecule has 0 saturated carbocycles. The van der Waals surface area contributed by atoms with Gasteiger partial charge in [0.1, 0.15) is 23.4 Å². The molecular weight excluding hydrogens is 714 g/mol. The van der Waals surface area contributed by atoms with Crippen molar-refractivity contribution < 1.29 is 43.5 Å². The van der Waals surface area contributed by atoms with E-state index >= 15 is 0 Å². The maximum Gasteiger partial charge on any atom is 0.351 e. The van der Waals surface area contributed by atoms with Gasteiger partial charge in [0.05, 0.1) is 17.9 Å². The summed E-state index contributed by atoms with van der Waals surface area (Å²) < 4.78 is 35.6. The number of H-pyrrole nitrogens is 1. The monoisotopic (exact) mass is 754 g/mol. The summed E-state index contributed by atoms with van der Waals surface area (Å²) >= 11 is 0. The van der Waals surface area contributed by atoms with Gasteiger partial charge in [-0.3, -0.25) is 19.1 Å². The topological polar surface area (TPSA) is 228 Å². The smallest absolute Gasteiger partial charge is 0.351 e. The minimum atomic E-state index is -3.88. The summed E-state index contributed by atoms with van der Waals surface area (Å²) in [5.41, 5.74) is 0.690. The number of carbonyl (C=O) groups excluding carboxylic acids is 2. The first-order valence-corrected chi connectivity index (χ1v) is 17.2. The highest BCUT2D eigenvalue weighted by Gasteiger charge is 2.59. The second-order valence-corrected chi connectivity index (χ2v) is 13.5. The molecule has 2 aliphatic rings. The third-order valence-corrected chi connectivity index (χ3v) is 9.48. The minimum Gasteiger partial charge on any atom is -0.508 e. The Morgan fingerprint density at radius 2 is 1.74 bits per heavy atom. The van der Waals surface area contributed by atoms with E-state index in [2.05, 4.69) is 25.4 Å². The van der Waals surface area contributed by atoms with Crippen LogP contribution in [0.25, 0.3) is 17.1 Å². The number of piperazine rings is 1. The molecule has 54 heavy (non-hydrogen) atoms. The summed E-state index contributed by atoms with van der Waals surface area (Å²) in [5, 5.41) is 48.6. The average Bonchev–Trinajstić information content (AvgIpc) is 3.62. The normalized spacial score (nSPS) is 20.1. The molecular formula is C35H40F2N8O9. The van der Waals surface area contributed by atoms with Crippen molar-refractivity contribution >= 4 is 17.6 Å². The Labute approximate surface area is 306 Å². The second kappa shape index (κ2) is 15.5. The first-order valence-electron chi connectivity index (χ1n) is 17.2. The fourth-order valence-electron chi connectivity index (χ4n) is 6.48. The lowest BCUT2D eigenvalue weighted by molar-refractivity contribution is -0.141. The molecule has 0 radical (unpaired) electrons. The van der Waals surface area contributed by atoms with Crippen LogP contribution in [0.3, 0.4) is 0 Å². The molecule has 0 spiro atoms. The molecule has 2 aliphatic heterocycles. The van der Waals surface area contributed by atoms with Crippen LogP contribution in [0.1, 0.15) is 50.0 Å². The highest BCUT2D eigenvalue weighted by molar-refractivity contribution is 5.92. The van der Waals surface area contributed by atoms with Gasteiger partial charge in [-0.2, -0.15) is 18.9 Å². The van der Waals surface area contributed by atoms with Crippen LogP contribution in [0.4, 0.5) is 14.6 Å². The Hall–Kier alpha value is -5.50. The third kappa shape index (κ3) is 7.74. The van der Waals surface area contributed by atoms with Gasteiger partial charge in [0.25, 0.3) is 0 Å². The van der Waals surface area contributed by atoms with Gasteiger partial charge in [-0.05, 0) is 41.3 Å². The van der Waals surface area contributed by atoms with E-state index in [1.807, 2.05) is 26.0 Å². The maximum atomic E-state index is 14.4. The van der Waals surface area contributed by atoms with Crippen molar-refractivity contribution in [1.82, 2.24) is 34.1 Å². The Bertz CT molecular complexity index is 2130. The van der Waals surface area contributed by atoms with E-state index in [0.29, 0.717) is 54.1 Å². The molecule has 288 valence electrons. The molecule has 3 atom stereocenters. The van der Waals surface area contributed by atoms with Gasteiger partial charge < -0.3 is 35.4 Å². The zero-order valence-corrected chi connectivity index (χ0v) is 29.4. The number of phenolic OH excluding ortho intramolecular Hbond substituents is 2. The number of ether oxygens (including phenoxy) is 1. The van der Waals surface area contributed by atoms with E-state index in [-0.39, 0.29) is 47.8 Å². The van der Waals surface area contributed by atoms with Gasteiger partial charge in [-0.25, -0.2) is 19.3 Å². The van der Waals surface area contributed by atoms with E-state index in [1.54, 1.807) is 23.1 Å². The fourth-order valence-corrected chi connectivity index (χ4v) is 6.48. The summed E-state index contributed by atoms with van der Waals surface area (Å²) in [4.78, 5) is 58.0. The number of anilines is 1. The Balaban J connectivity index is 0.985. The third-order valence-electron chi connectivity index (χ3n) is 9.48. The standard InChI is InChI=1S/C35H40F2N8O9/c1-19(2)22-15-23(25(48)16-24(22)47)31-40-41-34(53)45(31)21-5-3-20(4-6-21)17-42-11-13-43(14-12-42)29(50)8-7-28(49)38-27-9-10-44(33(52)39-27)32-35(36,37)30(51)26(18-46)54-32/h3-6,9-10,15-16,19,26,30,32,46-48,51H,7-8,11-14,17-18H2,1-2H3,(H,41,53)(H,38,39,49,52)/t26-,30-,32-/m1/s1. The average molecular weight is 755 g/mol. The van der Waals surface area contributed by atoms with E-state index < -0.39 is 48.3 Å². The van der Waals surface area contributed by atoms with Crippen molar-refractivity contribution in [3.05, 3.63) is 80.8 Å². The number of phenols is 2. The SMILES string of the molecule is CC(C)c1cc(-c2n[nH]c(=O)n2-c2ccc(CN3CCN(C(=O)CCC(=O)Nc4ccn([C@@H]5O[C@H](CO)[C@@H](O)C5(F)F)c(=O)n4)CC3)cc2)c(O)cc1O. The number of nitrogens with one attached hydrogen (secondary N) is 2. The Morgan fingerprint density at radius 3 is 2.37 bits per heavy atom. The van der Waals surface area contributed by atoms with Crippen molar-refractivity contribution in [3.63, 3.8) is 0 Å².